The van der Waals surface area contributed by atoms with E-state index < -0.39 is 29.8 Å². The van der Waals surface area contributed by atoms with Crippen LogP contribution in [0, 0.1) is 11.8 Å². The van der Waals surface area contributed by atoms with Crippen LogP contribution in [-0.2, 0) is 33.7 Å². The van der Waals surface area contributed by atoms with E-state index >= 15 is 0 Å². The second kappa shape index (κ2) is 30.3. The van der Waals surface area contributed by atoms with Gasteiger partial charge in [0.15, 0.2) is 0 Å². The smallest absolute Gasteiger partial charge is 0.317 e. The summed E-state index contributed by atoms with van der Waals surface area (Å²) >= 11 is 0. The minimum absolute atomic E-state index is 0.0922. The largest absolute Gasteiger partial charge is 0.481 e. The molecule has 49 heavy (non-hydrogen) atoms. The van der Waals surface area contributed by atoms with Crippen LogP contribution in [0.1, 0.15) is 181 Å². The van der Waals surface area contributed by atoms with Gasteiger partial charge in [0.05, 0.1) is 12.3 Å². The van der Waals surface area contributed by atoms with E-state index in [2.05, 4.69) is 38.2 Å². The van der Waals surface area contributed by atoms with Gasteiger partial charge in [-0.1, -0.05) is 128 Å². The Morgan fingerprint density at radius 3 is 1.63 bits per heavy atom. The van der Waals surface area contributed by atoms with Gasteiger partial charge in [-0.3, -0.25) is 19.2 Å². The first-order valence-corrected chi connectivity index (χ1v) is 19.6. The Morgan fingerprint density at radius 2 is 1.14 bits per heavy atom. The first-order chi connectivity index (χ1) is 23.8. The molecule has 2 N–H and O–H groups in total. The third-order valence-electron chi connectivity index (χ3n) is 9.31. The summed E-state index contributed by atoms with van der Waals surface area (Å²) in [5, 5.41) is 17.7. The van der Waals surface area contributed by atoms with E-state index in [0.717, 1.165) is 122 Å². The maximum absolute atomic E-state index is 12.7. The number of rotatable bonds is 34. The highest BCUT2D eigenvalue weighted by Gasteiger charge is 2.39. The predicted molar refractivity (Wildman–Crippen MR) is 193 cm³/mol. The molecule has 0 aromatic rings. The number of hydrogen-bond acceptors (Lipinski definition) is 7. The van der Waals surface area contributed by atoms with E-state index in [1.165, 1.54) is 12.8 Å². The van der Waals surface area contributed by atoms with Crippen molar-refractivity contribution in [1.82, 2.24) is 0 Å². The van der Waals surface area contributed by atoms with Crippen molar-refractivity contribution >= 4 is 23.9 Å². The van der Waals surface area contributed by atoms with Gasteiger partial charge >= 0.3 is 23.9 Å². The minimum atomic E-state index is -0.767. The first-order valence-electron chi connectivity index (χ1n) is 19.6. The Kier molecular flexibility index (Phi) is 27.5. The SMILES string of the molecule is CCCCCC=CC(CCCCCCCCCC(=O)O)OOC(C=CCCCCC)CC(CCCCCCCC(=O)O)C1CC(=O)OC1=O. The topological polar surface area (TPSA) is 136 Å². The standard InChI is InChI=1S/C40H68O9/c1-3-5-7-13-20-26-34(27-21-16-10-9-11-17-23-29-37(41)42)48-49-35(28-22-14-8-6-4-2)31-33(36-32-39(45)47-40(36)46)25-19-15-12-18-24-30-38(43)44/h20,22,26,28,33-36H,3-19,21,23-25,27,29-32H2,1-2H3,(H,41,42)(H,43,44). The summed E-state index contributed by atoms with van der Waals surface area (Å²) in [6.07, 6.45) is 30.8. The van der Waals surface area contributed by atoms with Crippen molar-refractivity contribution in [3.63, 3.8) is 0 Å². The molecule has 1 heterocycles. The number of ether oxygens (including phenoxy) is 1. The highest BCUT2D eigenvalue weighted by Crippen LogP contribution is 2.33. The second-order valence-corrected chi connectivity index (χ2v) is 13.8. The van der Waals surface area contributed by atoms with Crippen LogP contribution in [0.5, 0.6) is 0 Å². The van der Waals surface area contributed by atoms with Gasteiger partial charge in [0.2, 0.25) is 0 Å². The van der Waals surface area contributed by atoms with Crippen molar-refractivity contribution in [1.29, 1.82) is 0 Å². The van der Waals surface area contributed by atoms with Crippen molar-refractivity contribution in [2.45, 2.75) is 193 Å². The molecule has 0 aromatic carbocycles. The lowest BCUT2D eigenvalue weighted by Gasteiger charge is -2.25. The summed E-state index contributed by atoms with van der Waals surface area (Å²) in [4.78, 5) is 58.6. The van der Waals surface area contributed by atoms with Crippen LogP contribution in [0.2, 0.25) is 0 Å². The molecule has 9 heteroatoms. The summed E-state index contributed by atoms with van der Waals surface area (Å²) in [7, 11) is 0. The van der Waals surface area contributed by atoms with Gasteiger partial charge in [0.1, 0.15) is 12.2 Å². The molecule has 0 aromatic heterocycles. The number of allylic oxidation sites excluding steroid dienone is 2. The molecule has 0 radical (unpaired) electrons. The van der Waals surface area contributed by atoms with E-state index in [1.54, 1.807) is 0 Å². The van der Waals surface area contributed by atoms with Crippen molar-refractivity contribution in [3.05, 3.63) is 24.3 Å². The van der Waals surface area contributed by atoms with Gasteiger partial charge in [0, 0.05) is 12.8 Å². The predicted octanol–water partition coefficient (Wildman–Crippen LogP) is 10.5. The number of carboxylic acids is 2. The van der Waals surface area contributed by atoms with Crippen LogP contribution in [0.25, 0.3) is 0 Å². The Balaban J connectivity index is 2.86. The van der Waals surface area contributed by atoms with Crippen LogP contribution in [0.4, 0.5) is 0 Å². The molecule has 1 aliphatic heterocycles. The van der Waals surface area contributed by atoms with E-state index in [-0.39, 0.29) is 37.4 Å². The second-order valence-electron chi connectivity index (χ2n) is 13.8. The molecule has 0 bridgehead atoms. The summed E-state index contributed by atoms with van der Waals surface area (Å²) < 4.78 is 4.96. The number of esters is 2. The van der Waals surface area contributed by atoms with Crippen LogP contribution < -0.4 is 0 Å². The number of carboxylic acid groups (broad SMARTS) is 2. The van der Waals surface area contributed by atoms with Crippen molar-refractivity contribution in [2.24, 2.45) is 11.8 Å². The van der Waals surface area contributed by atoms with Crippen molar-refractivity contribution < 1.29 is 43.9 Å². The number of carbonyl (C=O) groups is 4. The number of carbonyl (C=O) groups excluding carboxylic acids is 2. The third-order valence-corrected chi connectivity index (χ3v) is 9.31. The lowest BCUT2D eigenvalue weighted by atomic mass is 9.82. The fourth-order valence-corrected chi connectivity index (χ4v) is 6.34. The highest BCUT2D eigenvalue weighted by atomic mass is 17.2. The zero-order chi connectivity index (χ0) is 36.0. The van der Waals surface area contributed by atoms with Gasteiger partial charge in [-0.2, -0.15) is 0 Å². The maximum Gasteiger partial charge on any atom is 0.317 e. The monoisotopic (exact) mass is 692 g/mol. The normalized spacial score (nSPS) is 16.8. The molecule has 4 atom stereocenters. The zero-order valence-electron chi connectivity index (χ0n) is 30.8. The fraction of sp³-hybridized carbons (Fsp3) is 0.800. The first kappa shape index (κ1) is 44.5. The molecule has 0 aliphatic carbocycles. The molecule has 1 aliphatic rings. The Hall–Kier alpha value is -2.52. The number of cyclic esters (lactones) is 2. The lowest BCUT2D eigenvalue weighted by Crippen LogP contribution is -2.26. The summed E-state index contributed by atoms with van der Waals surface area (Å²) in [6.45, 7) is 4.38. The zero-order valence-corrected chi connectivity index (χ0v) is 30.8. The molecule has 1 saturated heterocycles. The van der Waals surface area contributed by atoms with Crippen molar-refractivity contribution in [2.75, 3.05) is 0 Å². The number of hydrogen-bond donors (Lipinski definition) is 2. The molecule has 9 nitrogen and oxygen atoms in total. The molecule has 1 rings (SSSR count). The van der Waals surface area contributed by atoms with E-state index in [4.69, 9.17) is 24.7 Å². The molecule has 282 valence electrons. The van der Waals surface area contributed by atoms with Crippen LogP contribution in [0.15, 0.2) is 24.3 Å². The minimum Gasteiger partial charge on any atom is -0.481 e. The van der Waals surface area contributed by atoms with Crippen LogP contribution in [0.3, 0.4) is 0 Å². The summed E-state index contributed by atoms with van der Waals surface area (Å²) in [6, 6.07) is 0. The Morgan fingerprint density at radius 1 is 0.673 bits per heavy atom. The number of aliphatic carboxylic acids is 2. The average molecular weight is 693 g/mol. The Labute approximate surface area is 296 Å². The van der Waals surface area contributed by atoms with E-state index in [0.29, 0.717) is 12.8 Å². The van der Waals surface area contributed by atoms with Gasteiger partial charge in [0.25, 0.3) is 0 Å². The summed E-state index contributed by atoms with van der Waals surface area (Å²) in [5.74, 6) is -2.98. The molecular formula is C40H68O9. The van der Waals surface area contributed by atoms with Gasteiger partial charge in [-0.05, 0) is 63.7 Å². The molecule has 1 fully saturated rings. The van der Waals surface area contributed by atoms with Crippen molar-refractivity contribution in [3.8, 4) is 0 Å². The maximum atomic E-state index is 12.7. The quantitative estimate of drug-likeness (QED) is 0.0168. The highest BCUT2D eigenvalue weighted by molar-refractivity contribution is 5.94. The van der Waals surface area contributed by atoms with Gasteiger partial charge < -0.3 is 14.9 Å². The van der Waals surface area contributed by atoms with Gasteiger partial charge in [-0.25, -0.2) is 9.78 Å². The summed E-state index contributed by atoms with van der Waals surface area (Å²) in [5.41, 5.74) is 0. The molecule has 4 unspecified atom stereocenters. The van der Waals surface area contributed by atoms with Crippen LogP contribution >= 0.6 is 0 Å². The number of unbranched alkanes of at least 4 members (excludes halogenated alkanes) is 16. The molecule has 0 amide bonds. The Bertz CT molecular complexity index is 944. The lowest BCUT2D eigenvalue weighted by molar-refractivity contribution is -0.335. The van der Waals surface area contributed by atoms with E-state index in [9.17, 15) is 19.2 Å². The van der Waals surface area contributed by atoms with Crippen LogP contribution in [-0.4, -0.2) is 46.3 Å². The van der Waals surface area contributed by atoms with E-state index in [1.807, 2.05) is 0 Å². The molecule has 0 spiro atoms. The van der Waals surface area contributed by atoms with Gasteiger partial charge in [-0.15, -0.1) is 0 Å². The fourth-order valence-electron chi connectivity index (χ4n) is 6.34. The average Bonchev–Trinajstić information content (AvgIpc) is 3.41. The molecule has 0 saturated carbocycles. The molecular weight excluding hydrogens is 624 g/mol. The third kappa shape index (κ3) is 25.1.